The van der Waals surface area contributed by atoms with Crippen LogP contribution in [-0.4, -0.2) is 51.3 Å². The monoisotopic (exact) mass is 643 g/mol. The molecule has 45 heavy (non-hydrogen) atoms. The van der Waals surface area contributed by atoms with Crippen LogP contribution >= 0.6 is 0 Å². The summed E-state index contributed by atoms with van der Waals surface area (Å²) < 4.78 is 121. The Morgan fingerprint density at radius 3 is 2.36 bits per heavy atom. The number of nitrogens with zero attached hydrogens (tertiary/aromatic N) is 6. The Bertz CT molecular complexity index is 1730. The van der Waals surface area contributed by atoms with Crippen molar-refractivity contribution in [2.75, 3.05) is 22.9 Å². The van der Waals surface area contributed by atoms with Gasteiger partial charge in [0.05, 0.1) is 23.8 Å². The number of nitrogens with two attached hydrogens (primary N) is 1. The summed E-state index contributed by atoms with van der Waals surface area (Å²) in [5.74, 6) is -11.0. The molecule has 1 fully saturated rings. The van der Waals surface area contributed by atoms with Crippen molar-refractivity contribution in [1.82, 2.24) is 20.3 Å². The molecule has 0 unspecified atom stereocenters. The van der Waals surface area contributed by atoms with Gasteiger partial charge in [0.15, 0.2) is 0 Å². The number of amides is 1. The number of hydrogen-bond acceptors (Lipinski definition) is 9. The smallest absolute Gasteiger partial charge is 0.403 e. The van der Waals surface area contributed by atoms with E-state index in [0.717, 1.165) is 11.0 Å². The summed E-state index contributed by atoms with van der Waals surface area (Å²) >= 11 is 0. The zero-order chi connectivity index (χ0) is 32.3. The zero-order valence-electron chi connectivity index (χ0n) is 22.8. The van der Waals surface area contributed by atoms with Gasteiger partial charge in [0.1, 0.15) is 5.82 Å². The molecule has 4 aromatic rings. The molecule has 0 bridgehead atoms. The van der Waals surface area contributed by atoms with Crippen molar-refractivity contribution < 1.29 is 48.9 Å². The van der Waals surface area contributed by atoms with Gasteiger partial charge in [-0.1, -0.05) is 34.5 Å². The lowest BCUT2D eigenvalue weighted by Gasteiger charge is -2.30. The topological polar surface area (TPSA) is 127 Å². The standard InChI is InChI=1S/C27H21F8N7O3/c28-17-10-16-19(9-15(17)21-38-39-24(44-21)41-7-5-25(29,30)6-8-41)42(22(43)18(36)11-26(16,31)32)12-13-1-3-14(4-2-13)20-37-23(45-40-20)27(33,34)35/h1-4,9-10,18H,5-8,11-12,36H2/t18-/m0/s1. The number of fused-ring (bicyclic) bond motifs is 1. The van der Waals surface area contributed by atoms with Crippen LogP contribution in [-0.2, 0) is 23.4 Å². The van der Waals surface area contributed by atoms with Gasteiger partial charge in [0.25, 0.3) is 17.7 Å². The van der Waals surface area contributed by atoms with Gasteiger partial charge in [-0.2, -0.15) is 18.2 Å². The van der Waals surface area contributed by atoms with Gasteiger partial charge >= 0.3 is 18.1 Å². The van der Waals surface area contributed by atoms with Crippen LogP contribution in [0.25, 0.3) is 22.8 Å². The molecular formula is C27H21F8N7O3. The van der Waals surface area contributed by atoms with E-state index in [1.54, 1.807) is 0 Å². The molecule has 2 aliphatic rings. The van der Waals surface area contributed by atoms with E-state index in [1.807, 2.05) is 0 Å². The molecule has 0 saturated carbocycles. The van der Waals surface area contributed by atoms with Gasteiger partial charge in [0, 0.05) is 43.5 Å². The molecule has 4 heterocycles. The van der Waals surface area contributed by atoms with E-state index < -0.39 is 83.6 Å². The molecule has 1 amide bonds. The third kappa shape index (κ3) is 5.93. The Morgan fingerprint density at radius 2 is 1.71 bits per heavy atom. The number of aromatic nitrogens is 4. The number of alkyl halides is 7. The van der Waals surface area contributed by atoms with E-state index in [-0.39, 0.29) is 37.0 Å². The maximum atomic E-state index is 15.3. The summed E-state index contributed by atoms with van der Waals surface area (Å²) in [5, 5.41) is 10.9. The molecule has 238 valence electrons. The van der Waals surface area contributed by atoms with E-state index in [2.05, 4.69) is 24.9 Å². The number of carbonyl (C=O) groups excluding carboxylic acids is 1. The number of benzene rings is 2. The van der Waals surface area contributed by atoms with Gasteiger partial charge in [-0.3, -0.25) is 4.79 Å². The lowest BCUT2D eigenvalue weighted by atomic mass is 9.99. The number of piperidine rings is 1. The fourth-order valence-electron chi connectivity index (χ4n) is 5.07. The normalized spacial score (nSPS) is 19.8. The van der Waals surface area contributed by atoms with Crippen LogP contribution in [0.5, 0.6) is 0 Å². The van der Waals surface area contributed by atoms with Crippen molar-refractivity contribution in [2.45, 2.75) is 49.9 Å². The molecule has 1 atom stereocenters. The van der Waals surface area contributed by atoms with Gasteiger partial charge in [-0.25, -0.2) is 22.0 Å². The Kier molecular flexibility index (Phi) is 7.29. The van der Waals surface area contributed by atoms with Crippen molar-refractivity contribution in [1.29, 1.82) is 0 Å². The predicted molar refractivity (Wildman–Crippen MR) is 138 cm³/mol. The van der Waals surface area contributed by atoms with Crippen LogP contribution < -0.4 is 15.5 Å². The molecule has 2 aliphatic heterocycles. The van der Waals surface area contributed by atoms with Crippen LogP contribution in [0, 0.1) is 5.82 Å². The van der Waals surface area contributed by atoms with E-state index >= 15 is 13.2 Å². The molecular weight excluding hydrogens is 622 g/mol. The van der Waals surface area contributed by atoms with Crippen LogP contribution in [0.2, 0.25) is 0 Å². The third-order valence-electron chi connectivity index (χ3n) is 7.46. The highest BCUT2D eigenvalue weighted by molar-refractivity contribution is 5.99. The van der Waals surface area contributed by atoms with E-state index in [9.17, 15) is 26.7 Å². The third-order valence-corrected chi connectivity index (χ3v) is 7.46. The molecule has 2 aromatic carbocycles. The SMILES string of the molecule is N[C@H]1CC(F)(F)c2cc(F)c(-c3nnc(N4CCC(F)(F)CC4)o3)cc2N(Cc2ccc(-c3noc(C(F)(F)F)n3)cc2)C1=O. The average molecular weight is 643 g/mol. The highest BCUT2D eigenvalue weighted by Crippen LogP contribution is 2.45. The number of hydrogen-bond donors (Lipinski definition) is 1. The quantitative estimate of drug-likeness (QED) is 0.279. The highest BCUT2D eigenvalue weighted by atomic mass is 19.4. The maximum Gasteiger partial charge on any atom is 0.471 e. The van der Waals surface area contributed by atoms with E-state index in [4.69, 9.17) is 10.2 Å². The van der Waals surface area contributed by atoms with Crippen LogP contribution in [0.15, 0.2) is 45.3 Å². The van der Waals surface area contributed by atoms with Crippen LogP contribution in [0.4, 0.5) is 46.8 Å². The fourth-order valence-corrected chi connectivity index (χ4v) is 5.07. The second-order valence-electron chi connectivity index (χ2n) is 10.6. The molecule has 0 aliphatic carbocycles. The predicted octanol–water partition coefficient (Wildman–Crippen LogP) is 5.54. The summed E-state index contributed by atoms with van der Waals surface area (Å²) in [6.45, 7) is -0.566. The maximum absolute atomic E-state index is 15.3. The number of carbonyl (C=O) groups is 1. The van der Waals surface area contributed by atoms with Crippen LogP contribution in [0.1, 0.15) is 36.3 Å². The second kappa shape index (κ2) is 10.8. The minimum atomic E-state index is -4.85. The summed E-state index contributed by atoms with van der Waals surface area (Å²) in [6.07, 6.45) is -6.89. The lowest BCUT2D eigenvalue weighted by molar-refractivity contribution is -0.159. The summed E-state index contributed by atoms with van der Waals surface area (Å²) in [7, 11) is 0. The van der Waals surface area contributed by atoms with Crippen molar-refractivity contribution in [3.63, 3.8) is 0 Å². The molecule has 1 saturated heterocycles. The molecule has 6 rings (SSSR count). The number of anilines is 2. The summed E-state index contributed by atoms with van der Waals surface area (Å²) in [4.78, 5) is 18.9. The Morgan fingerprint density at radius 1 is 1.02 bits per heavy atom. The largest absolute Gasteiger partial charge is 0.471 e. The van der Waals surface area contributed by atoms with Gasteiger partial charge in [0.2, 0.25) is 11.7 Å². The molecule has 10 nitrogen and oxygen atoms in total. The molecule has 0 radical (unpaired) electrons. The van der Waals surface area contributed by atoms with E-state index in [1.165, 1.54) is 29.2 Å². The first-order valence-electron chi connectivity index (χ1n) is 13.4. The van der Waals surface area contributed by atoms with E-state index in [0.29, 0.717) is 11.6 Å². The zero-order valence-corrected chi connectivity index (χ0v) is 22.8. The first-order chi connectivity index (χ1) is 21.1. The number of halogens is 8. The second-order valence-corrected chi connectivity index (χ2v) is 10.6. The average Bonchev–Trinajstić information content (AvgIpc) is 3.65. The minimum Gasteiger partial charge on any atom is -0.403 e. The minimum absolute atomic E-state index is 0.108. The van der Waals surface area contributed by atoms with Crippen molar-refractivity contribution >= 4 is 17.6 Å². The van der Waals surface area contributed by atoms with Crippen molar-refractivity contribution in [3.05, 3.63) is 59.2 Å². The van der Waals surface area contributed by atoms with Crippen molar-refractivity contribution in [2.24, 2.45) is 5.73 Å². The summed E-state index contributed by atoms with van der Waals surface area (Å²) in [5.41, 5.74) is 4.65. The number of rotatable bonds is 5. The highest BCUT2D eigenvalue weighted by Gasteiger charge is 2.45. The molecule has 2 aromatic heterocycles. The first kappa shape index (κ1) is 30.4. The van der Waals surface area contributed by atoms with Gasteiger partial charge < -0.3 is 24.5 Å². The van der Waals surface area contributed by atoms with Crippen LogP contribution in [0.3, 0.4) is 0 Å². The van der Waals surface area contributed by atoms with Gasteiger partial charge in [-0.15, -0.1) is 5.10 Å². The molecule has 0 spiro atoms. The molecule has 18 heteroatoms. The molecule has 2 N–H and O–H groups in total. The summed E-state index contributed by atoms with van der Waals surface area (Å²) in [6, 6.07) is 5.13. The fraction of sp³-hybridized carbons (Fsp3) is 0.370. The Labute approximate surface area is 247 Å². The first-order valence-corrected chi connectivity index (χ1v) is 13.4. The van der Waals surface area contributed by atoms with Crippen molar-refractivity contribution in [3.8, 4) is 22.8 Å². The Hall–Kier alpha value is -4.61. The Balaban J connectivity index is 1.33. The van der Waals surface area contributed by atoms with Gasteiger partial charge in [-0.05, 0) is 17.7 Å². The lowest BCUT2D eigenvalue weighted by Crippen LogP contribution is -2.43.